The number of benzene rings is 1. The fourth-order valence-corrected chi connectivity index (χ4v) is 2.84. The van der Waals surface area contributed by atoms with Crippen LogP contribution < -0.4 is 21.9 Å². The molecule has 11 heteroatoms. The molecule has 2 aromatic rings. The Morgan fingerprint density at radius 1 is 1.32 bits per heavy atom. The van der Waals surface area contributed by atoms with Gasteiger partial charge in [-0.15, -0.1) is 0 Å². The zero-order chi connectivity index (χ0) is 21.0. The van der Waals surface area contributed by atoms with Gasteiger partial charge < -0.3 is 10.5 Å². The molecule has 0 radical (unpaired) electrons. The number of hydrogen-bond donors (Lipinski definition) is 2. The Hall–Kier alpha value is -2.72. The first kappa shape index (κ1) is 21.6. The Labute approximate surface area is 163 Å². The fourth-order valence-electron chi connectivity index (χ4n) is 2.61. The molecule has 0 atom stereocenters. The summed E-state index contributed by atoms with van der Waals surface area (Å²) in [5, 5.41) is -0.344. The van der Waals surface area contributed by atoms with Crippen LogP contribution >= 0.6 is 11.6 Å². The molecule has 0 saturated heterocycles. The van der Waals surface area contributed by atoms with Gasteiger partial charge in [-0.05, 0) is 18.6 Å². The minimum absolute atomic E-state index is 0.00117. The van der Waals surface area contributed by atoms with Crippen LogP contribution in [0.3, 0.4) is 0 Å². The van der Waals surface area contributed by atoms with Crippen LogP contribution in [0.25, 0.3) is 0 Å². The highest BCUT2D eigenvalue weighted by Crippen LogP contribution is 2.25. The molecule has 28 heavy (non-hydrogen) atoms. The number of nitrogens with zero attached hydrogens (tertiary/aromatic N) is 2. The van der Waals surface area contributed by atoms with Crippen LogP contribution in [0, 0.1) is 11.6 Å². The molecule has 2 rings (SSSR count). The van der Waals surface area contributed by atoms with Crippen LogP contribution in [0.1, 0.15) is 23.7 Å². The van der Waals surface area contributed by atoms with E-state index in [4.69, 9.17) is 22.1 Å². The van der Waals surface area contributed by atoms with Gasteiger partial charge in [0.15, 0.2) is 17.3 Å². The number of ether oxygens (including phenoxy) is 1. The summed E-state index contributed by atoms with van der Waals surface area (Å²) in [6.45, 7) is 1.85. The van der Waals surface area contributed by atoms with Crippen molar-refractivity contribution < 1.29 is 18.3 Å². The number of aromatic nitrogens is 2. The molecule has 3 N–H and O–H groups in total. The SMILES string of the molecule is CCCn1c(N)c(N(CCOC)C(=O)c2cc(F)c(F)cc2Cl)c(=O)[nH]c1=O. The molecule has 0 aliphatic heterocycles. The normalized spacial score (nSPS) is 10.9. The van der Waals surface area contributed by atoms with Gasteiger partial charge in [0.2, 0.25) is 0 Å². The second-order valence-corrected chi connectivity index (χ2v) is 6.25. The molecule has 8 nitrogen and oxygen atoms in total. The van der Waals surface area contributed by atoms with E-state index in [2.05, 4.69) is 4.98 Å². The molecule has 1 aromatic heterocycles. The predicted molar refractivity (Wildman–Crippen MR) is 101 cm³/mol. The molecule has 0 spiro atoms. The van der Waals surface area contributed by atoms with Gasteiger partial charge in [0, 0.05) is 20.2 Å². The lowest BCUT2D eigenvalue weighted by molar-refractivity contribution is 0.0975. The third-order valence-corrected chi connectivity index (χ3v) is 4.25. The summed E-state index contributed by atoms with van der Waals surface area (Å²) in [6, 6.07) is 1.29. The lowest BCUT2D eigenvalue weighted by Crippen LogP contribution is -2.42. The summed E-state index contributed by atoms with van der Waals surface area (Å²) in [5.41, 5.74) is 3.68. The van der Waals surface area contributed by atoms with E-state index in [1.807, 2.05) is 0 Å². The smallest absolute Gasteiger partial charge is 0.330 e. The van der Waals surface area contributed by atoms with Gasteiger partial charge in [-0.1, -0.05) is 18.5 Å². The fraction of sp³-hybridized carbons (Fsp3) is 0.353. The number of hydrogen-bond acceptors (Lipinski definition) is 5. The molecule has 1 amide bonds. The number of nitrogens with two attached hydrogens (primary N) is 1. The molecule has 1 aromatic carbocycles. The van der Waals surface area contributed by atoms with E-state index in [0.29, 0.717) is 18.6 Å². The molecular formula is C17H19ClF2N4O4. The number of carbonyl (C=O) groups is 1. The molecule has 0 fully saturated rings. The number of carbonyl (C=O) groups excluding carboxylic acids is 1. The van der Waals surface area contributed by atoms with Gasteiger partial charge in [0.25, 0.3) is 11.5 Å². The molecule has 0 aliphatic rings. The van der Waals surface area contributed by atoms with Crippen molar-refractivity contribution in [1.29, 1.82) is 0 Å². The lowest BCUT2D eigenvalue weighted by atomic mass is 10.1. The van der Waals surface area contributed by atoms with Gasteiger partial charge in [0.05, 0.1) is 17.2 Å². The van der Waals surface area contributed by atoms with Crippen molar-refractivity contribution in [2.45, 2.75) is 19.9 Å². The minimum atomic E-state index is -1.28. The van der Waals surface area contributed by atoms with Gasteiger partial charge >= 0.3 is 5.69 Å². The molecule has 0 unspecified atom stereocenters. The van der Waals surface area contributed by atoms with Crippen molar-refractivity contribution in [2.24, 2.45) is 0 Å². The average Bonchev–Trinajstić information content (AvgIpc) is 2.63. The number of aromatic amines is 1. The van der Waals surface area contributed by atoms with E-state index in [-0.39, 0.29) is 41.8 Å². The second kappa shape index (κ2) is 8.98. The average molecular weight is 417 g/mol. The number of H-pyrrole nitrogens is 1. The summed E-state index contributed by atoms with van der Waals surface area (Å²) < 4.78 is 33.0. The highest BCUT2D eigenvalue weighted by molar-refractivity contribution is 6.34. The number of methoxy groups -OCH3 is 1. The first-order valence-corrected chi connectivity index (χ1v) is 8.68. The first-order chi connectivity index (χ1) is 13.2. The highest BCUT2D eigenvalue weighted by atomic mass is 35.5. The van der Waals surface area contributed by atoms with E-state index in [1.165, 1.54) is 7.11 Å². The Kier molecular flexibility index (Phi) is 6.92. The Morgan fingerprint density at radius 2 is 1.96 bits per heavy atom. The Bertz CT molecular complexity index is 1010. The quantitative estimate of drug-likeness (QED) is 0.668. The van der Waals surface area contributed by atoms with E-state index >= 15 is 0 Å². The van der Waals surface area contributed by atoms with Gasteiger partial charge in [-0.25, -0.2) is 13.6 Å². The highest BCUT2D eigenvalue weighted by Gasteiger charge is 2.27. The predicted octanol–water partition coefficient (Wildman–Crippen LogP) is 1.75. The van der Waals surface area contributed by atoms with Crippen LogP contribution in [-0.2, 0) is 11.3 Å². The molecule has 0 aliphatic carbocycles. The minimum Gasteiger partial charge on any atom is -0.383 e. The number of nitrogens with one attached hydrogen (secondary N) is 1. The number of anilines is 2. The van der Waals surface area contributed by atoms with Gasteiger partial charge in [0.1, 0.15) is 5.82 Å². The first-order valence-electron chi connectivity index (χ1n) is 8.30. The van der Waals surface area contributed by atoms with Crippen molar-refractivity contribution in [2.75, 3.05) is 30.9 Å². The maximum absolute atomic E-state index is 13.6. The zero-order valence-electron chi connectivity index (χ0n) is 15.2. The van der Waals surface area contributed by atoms with Crippen LogP contribution in [-0.4, -0.2) is 35.7 Å². The monoisotopic (exact) mass is 416 g/mol. The van der Waals surface area contributed by atoms with Crippen LogP contribution in [0.2, 0.25) is 5.02 Å². The molecule has 152 valence electrons. The van der Waals surface area contributed by atoms with Crippen LogP contribution in [0.4, 0.5) is 20.3 Å². The summed E-state index contributed by atoms with van der Waals surface area (Å²) in [7, 11) is 1.37. The van der Waals surface area contributed by atoms with E-state index in [9.17, 15) is 23.2 Å². The summed E-state index contributed by atoms with van der Waals surface area (Å²) in [6.07, 6.45) is 0.538. The van der Waals surface area contributed by atoms with E-state index < -0.39 is 28.8 Å². The van der Waals surface area contributed by atoms with Gasteiger partial charge in [-0.3, -0.25) is 24.0 Å². The maximum atomic E-state index is 13.6. The summed E-state index contributed by atoms with van der Waals surface area (Å²) >= 11 is 5.89. The number of halogens is 3. The van der Waals surface area contributed by atoms with Crippen LogP contribution in [0.15, 0.2) is 21.7 Å². The van der Waals surface area contributed by atoms with E-state index in [0.717, 1.165) is 9.47 Å². The second-order valence-electron chi connectivity index (χ2n) is 5.84. The van der Waals surface area contributed by atoms with E-state index in [1.54, 1.807) is 6.92 Å². The Morgan fingerprint density at radius 3 is 2.57 bits per heavy atom. The standard InChI is InChI=1S/C17H19ClF2N4O4/c1-3-4-24-14(21)13(15(25)22-17(24)27)23(5-6-28-2)16(26)9-7-11(19)12(20)8-10(9)18/h7-8H,3-6,21H2,1-2H3,(H,22,25,27). The summed E-state index contributed by atoms with van der Waals surface area (Å²) in [4.78, 5) is 40.4. The topological polar surface area (TPSA) is 110 Å². The number of amides is 1. The molecule has 0 saturated carbocycles. The zero-order valence-corrected chi connectivity index (χ0v) is 16.0. The van der Waals surface area contributed by atoms with Crippen molar-refractivity contribution in [3.63, 3.8) is 0 Å². The molecule has 1 heterocycles. The van der Waals surface area contributed by atoms with Crippen molar-refractivity contribution >= 4 is 29.0 Å². The molecular weight excluding hydrogens is 398 g/mol. The Balaban J connectivity index is 2.67. The van der Waals surface area contributed by atoms with Crippen molar-refractivity contribution in [1.82, 2.24) is 9.55 Å². The number of nitrogen functional groups attached to an aromatic ring is 1. The van der Waals surface area contributed by atoms with Gasteiger partial charge in [-0.2, -0.15) is 0 Å². The number of rotatable bonds is 7. The third kappa shape index (κ3) is 4.23. The van der Waals surface area contributed by atoms with Crippen molar-refractivity contribution in [3.8, 4) is 0 Å². The summed E-state index contributed by atoms with van der Waals surface area (Å²) in [5.74, 6) is -3.64. The van der Waals surface area contributed by atoms with Crippen LogP contribution in [0.5, 0.6) is 0 Å². The molecule has 0 bridgehead atoms. The largest absolute Gasteiger partial charge is 0.383 e. The third-order valence-electron chi connectivity index (χ3n) is 3.94. The lowest BCUT2D eigenvalue weighted by Gasteiger charge is -2.24. The van der Waals surface area contributed by atoms with Crippen molar-refractivity contribution in [3.05, 3.63) is 55.2 Å². The maximum Gasteiger partial charge on any atom is 0.330 e.